The van der Waals surface area contributed by atoms with Gasteiger partial charge in [0.05, 0.1) is 59.3 Å². The van der Waals surface area contributed by atoms with Gasteiger partial charge in [-0.25, -0.2) is 14.4 Å². The first kappa shape index (κ1) is 75.9. The number of amides is 3. The first-order valence-electron chi connectivity index (χ1n) is 31.0. The normalized spacial score (nSPS) is 18.1. The number of rotatable bonds is 28. The standard InChI is InChI=1S/C23H36N2O7.C21H32N2O7.C20H30N2O7/c1-6-28-18-9-7-8-10-19(18)30-14-17-13-25(11-12-29-17)23(27)32-22(16(4)5)31-21(26)20(24)15(2)3;1-5-26-17-8-6-7-9-18(17)28-13-16-12-23(10-11-27-16)21(25)30-15(4)29-20(24)19(22)14(2)3;1-4-25-16-7-5-6-8-17(16)27-12-15-11-22(9-10-26-15)20(24)29-13-28-19(23)18(21)14(2)3/h7-10,15-17,20,22H,6,11-14,24H2,1-5H3;6-9,14-16,19H,5,10-13,22H2,1-4H3;5-8,14-15,18H,4,9-13,21H2,1-3H3. The highest BCUT2D eigenvalue weighted by Crippen LogP contribution is 2.30. The smallest absolute Gasteiger partial charge is 0.413 e. The van der Waals surface area contributed by atoms with Crippen molar-refractivity contribution in [2.75, 3.05) is 106 Å². The van der Waals surface area contributed by atoms with E-state index in [2.05, 4.69) is 0 Å². The van der Waals surface area contributed by atoms with Gasteiger partial charge in [-0.05, 0) is 74.9 Å². The van der Waals surface area contributed by atoms with E-state index in [1.807, 2.05) is 121 Å². The molecule has 3 heterocycles. The van der Waals surface area contributed by atoms with Gasteiger partial charge >= 0.3 is 36.2 Å². The topological polar surface area (TPSA) is 329 Å². The van der Waals surface area contributed by atoms with Crippen LogP contribution in [0.15, 0.2) is 72.8 Å². The second-order valence-electron chi connectivity index (χ2n) is 22.5. The lowest BCUT2D eigenvalue weighted by Gasteiger charge is -2.33. The Hall–Kier alpha value is -7.56. The van der Waals surface area contributed by atoms with Gasteiger partial charge in [-0.1, -0.05) is 91.8 Å². The van der Waals surface area contributed by atoms with E-state index in [9.17, 15) is 28.8 Å². The molecular weight excluding hydrogens is 1190 g/mol. The lowest BCUT2D eigenvalue weighted by atomic mass is 10.1. The number of nitrogens with two attached hydrogens (primary N) is 3. The van der Waals surface area contributed by atoms with Crippen molar-refractivity contribution in [3.8, 4) is 34.5 Å². The van der Waals surface area contributed by atoms with Crippen LogP contribution in [0.3, 0.4) is 0 Å². The summed E-state index contributed by atoms with van der Waals surface area (Å²) in [5.74, 6) is 1.57. The van der Waals surface area contributed by atoms with Crippen LogP contribution in [0.1, 0.15) is 83.1 Å². The van der Waals surface area contributed by atoms with Crippen molar-refractivity contribution in [3.63, 3.8) is 0 Å². The van der Waals surface area contributed by atoms with Crippen molar-refractivity contribution in [2.24, 2.45) is 40.9 Å². The van der Waals surface area contributed by atoms with Gasteiger partial charge in [0.2, 0.25) is 13.1 Å². The second-order valence-corrected chi connectivity index (χ2v) is 22.5. The SMILES string of the molecule is CCOc1ccccc1OCC1CN(C(=O)OC(C)OC(=O)C(N)C(C)C)CCO1.CCOc1ccccc1OCC1CN(C(=O)OC(OC(=O)C(N)C(C)C)C(C)C)CCO1.CCOc1ccccc1OCC1CN(C(=O)OCOC(=O)C(N)C(C)C)CCO1. The predicted octanol–water partition coefficient (Wildman–Crippen LogP) is 6.77. The summed E-state index contributed by atoms with van der Waals surface area (Å²) in [5.41, 5.74) is 17.3. The molecule has 3 fully saturated rings. The van der Waals surface area contributed by atoms with Gasteiger partial charge < -0.3 is 103 Å². The number of nitrogens with zero attached hydrogens (tertiary/aromatic N) is 3. The Morgan fingerprint density at radius 2 is 0.736 bits per heavy atom. The molecule has 27 heteroatoms. The molecule has 0 spiro atoms. The van der Waals surface area contributed by atoms with Crippen molar-refractivity contribution in [1.29, 1.82) is 0 Å². The second kappa shape index (κ2) is 40.3. The molecule has 0 aliphatic carbocycles. The highest BCUT2D eigenvalue weighted by Gasteiger charge is 2.34. The Morgan fingerprint density at radius 3 is 1.08 bits per heavy atom. The maximum atomic E-state index is 12.7. The van der Waals surface area contributed by atoms with Gasteiger partial charge in [-0.15, -0.1) is 0 Å². The average molecular weight is 1290 g/mol. The largest absolute Gasteiger partial charge is 0.490 e. The molecule has 0 saturated carbocycles. The number of carbonyl (C=O) groups is 6. The van der Waals surface area contributed by atoms with Crippen LogP contribution in [0.25, 0.3) is 0 Å². The van der Waals surface area contributed by atoms with Crippen molar-refractivity contribution in [3.05, 3.63) is 72.8 Å². The monoisotopic (exact) mass is 1290 g/mol. The third-order valence-corrected chi connectivity index (χ3v) is 13.8. The van der Waals surface area contributed by atoms with Gasteiger partial charge in [0.25, 0.3) is 6.29 Å². The van der Waals surface area contributed by atoms with E-state index in [0.717, 1.165) is 0 Å². The molecule has 0 aromatic heterocycles. The molecule has 3 saturated heterocycles. The number of hydrogen-bond acceptors (Lipinski definition) is 24. The number of para-hydroxylation sites is 6. The van der Waals surface area contributed by atoms with Crippen LogP contribution in [0.2, 0.25) is 0 Å². The number of hydrogen-bond donors (Lipinski definition) is 3. The minimum absolute atomic E-state index is 0.0638. The highest BCUT2D eigenvalue weighted by molar-refractivity contribution is 5.77. The molecule has 0 bridgehead atoms. The molecule has 3 aromatic carbocycles. The van der Waals surface area contributed by atoms with E-state index in [-0.39, 0.29) is 61.8 Å². The van der Waals surface area contributed by atoms with Gasteiger partial charge in [-0.3, -0.25) is 14.4 Å². The van der Waals surface area contributed by atoms with E-state index in [4.69, 9.17) is 88.3 Å². The lowest BCUT2D eigenvalue weighted by Crippen LogP contribution is -2.49. The Morgan fingerprint density at radius 1 is 0.418 bits per heavy atom. The van der Waals surface area contributed by atoms with Crippen LogP contribution in [0, 0.1) is 23.7 Å². The molecule has 6 rings (SSSR count). The summed E-state index contributed by atoms with van der Waals surface area (Å²) in [7, 11) is 0. The van der Waals surface area contributed by atoms with Crippen LogP contribution in [0.4, 0.5) is 14.4 Å². The molecule has 3 aromatic rings. The number of esters is 3. The van der Waals surface area contributed by atoms with E-state index in [1.165, 1.54) is 21.6 Å². The molecular formula is C64H98N6O21. The molecule has 8 atom stereocenters. The van der Waals surface area contributed by atoms with E-state index >= 15 is 0 Å². The zero-order valence-electron chi connectivity index (χ0n) is 54.8. The summed E-state index contributed by atoms with van der Waals surface area (Å²) >= 11 is 0. The Kier molecular flexibility index (Phi) is 33.6. The molecule has 0 radical (unpaired) electrons. The maximum absolute atomic E-state index is 12.7. The van der Waals surface area contributed by atoms with Crippen LogP contribution in [-0.2, 0) is 57.0 Å². The van der Waals surface area contributed by atoms with Crippen molar-refractivity contribution in [1.82, 2.24) is 14.7 Å². The van der Waals surface area contributed by atoms with Crippen LogP contribution in [0.5, 0.6) is 34.5 Å². The third kappa shape index (κ3) is 26.7. The van der Waals surface area contributed by atoms with Gasteiger partial charge in [-0.2, -0.15) is 0 Å². The fraction of sp³-hybridized carbons (Fsp3) is 0.625. The fourth-order valence-corrected chi connectivity index (χ4v) is 8.33. The zero-order chi connectivity index (χ0) is 67.0. The highest BCUT2D eigenvalue weighted by atomic mass is 16.7. The molecule has 6 N–H and O–H groups in total. The molecule has 510 valence electrons. The number of benzene rings is 3. The van der Waals surface area contributed by atoms with Gasteiger partial charge in [0.1, 0.15) is 56.3 Å². The Bertz CT molecular complexity index is 2670. The Balaban J connectivity index is 0.000000292. The molecule has 8 unspecified atom stereocenters. The summed E-state index contributed by atoms with van der Waals surface area (Å²) in [4.78, 5) is 77.7. The average Bonchev–Trinajstić information content (AvgIpc) is 3.56. The molecule has 3 aliphatic rings. The van der Waals surface area contributed by atoms with E-state index < -0.39 is 73.7 Å². The zero-order valence-corrected chi connectivity index (χ0v) is 54.8. The minimum atomic E-state index is -1.04. The van der Waals surface area contributed by atoms with Crippen LogP contribution in [-0.4, -0.2) is 205 Å². The summed E-state index contributed by atoms with van der Waals surface area (Å²) in [6, 6.07) is 19.8. The number of carbonyl (C=O) groups excluding carboxylic acids is 6. The predicted molar refractivity (Wildman–Crippen MR) is 332 cm³/mol. The van der Waals surface area contributed by atoms with Crippen molar-refractivity contribution < 1.29 is 99.8 Å². The molecule has 3 aliphatic heterocycles. The van der Waals surface area contributed by atoms with Gasteiger partial charge in [0.15, 0.2) is 34.5 Å². The summed E-state index contributed by atoms with van der Waals surface area (Å²) in [6.45, 7) is 26.6. The van der Waals surface area contributed by atoms with Gasteiger partial charge in [0, 0.05) is 32.5 Å². The van der Waals surface area contributed by atoms with Crippen LogP contribution >= 0.6 is 0 Å². The molecule has 27 nitrogen and oxygen atoms in total. The number of ether oxygens (including phenoxy) is 15. The Labute approximate surface area is 534 Å². The summed E-state index contributed by atoms with van der Waals surface area (Å²) < 4.78 is 82.3. The molecule has 91 heavy (non-hydrogen) atoms. The minimum Gasteiger partial charge on any atom is -0.490 e. The first-order chi connectivity index (χ1) is 43.5. The number of morpholine rings is 3. The van der Waals surface area contributed by atoms with E-state index in [1.54, 1.807) is 27.7 Å². The molecule has 3 amide bonds. The third-order valence-electron chi connectivity index (χ3n) is 13.8. The van der Waals surface area contributed by atoms with E-state index in [0.29, 0.717) is 113 Å². The lowest BCUT2D eigenvalue weighted by molar-refractivity contribution is -0.180. The summed E-state index contributed by atoms with van der Waals surface area (Å²) in [5, 5.41) is 0. The fourth-order valence-electron chi connectivity index (χ4n) is 8.33. The quantitative estimate of drug-likeness (QED) is 0.0383. The first-order valence-corrected chi connectivity index (χ1v) is 31.0. The van der Waals surface area contributed by atoms with Crippen LogP contribution < -0.4 is 45.6 Å². The van der Waals surface area contributed by atoms with Crippen molar-refractivity contribution in [2.45, 2.75) is 132 Å². The maximum Gasteiger partial charge on any atom is 0.413 e. The summed E-state index contributed by atoms with van der Waals surface area (Å²) in [6.07, 6.45) is -4.77. The van der Waals surface area contributed by atoms with Crippen molar-refractivity contribution >= 4 is 36.2 Å².